The molecular formula is C28H43ClN4O5S. The number of hydrogen-bond acceptors (Lipinski definition) is 7. The Morgan fingerprint density at radius 3 is 2.44 bits per heavy atom. The van der Waals surface area contributed by atoms with Crippen molar-refractivity contribution in [1.82, 2.24) is 16.0 Å². The van der Waals surface area contributed by atoms with E-state index in [1.54, 1.807) is 11.8 Å². The van der Waals surface area contributed by atoms with Gasteiger partial charge in [0.05, 0.1) is 25.1 Å². The monoisotopic (exact) mass is 582 g/mol. The summed E-state index contributed by atoms with van der Waals surface area (Å²) in [4.78, 5) is 51.7. The number of nitrogens with two attached hydrogens (primary N) is 1. The molecule has 11 heteroatoms. The molecule has 0 aliphatic heterocycles. The third-order valence-electron chi connectivity index (χ3n) is 8.72. The SMILES string of the molecule is COC(=O)C12CC3CC(CC(NC(=O)[C@H](CC4C=CC=CC4)NC(=O)CNC(=O)[C@H](N)CCSC)(C3)C1)C2.Cl. The molecule has 0 aromatic heterocycles. The van der Waals surface area contributed by atoms with E-state index in [1.165, 1.54) is 7.11 Å². The predicted octanol–water partition coefficient (Wildman–Crippen LogP) is 2.24. The standard InChI is InChI=1S/C28H42N4O5S.ClH/c1-37-26(36)27-12-19-10-20(13-27)15-28(14-19,17-27)32-25(35)22(11-18-6-4-3-5-7-18)31-23(33)16-30-24(34)21(29)8-9-38-2;/h3-6,18-22H,7-17,29H2,1-2H3,(H,30,34)(H,31,33)(H,32,35);1H/t18?,19?,20?,21-,22+,27?,28?;/m1./s1. The fraction of sp³-hybridized carbons (Fsp3) is 0.714. The van der Waals surface area contributed by atoms with Crippen LogP contribution in [0.25, 0.3) is 0 Å². The van der Waals surface area contributed by atoms with Crippen molar-refractivity contribution < 1.29 is 23.9 Å². The molecule has 4 saturated carbocycles. The fourth-order valence-electron chi connectivity index (χ4n) is 7.47. The molecule has 5 atom stereocenters. The maximum atomic E-state index is 13.8. The van der Waals surface area contributed by atoms with Gasteiger partial charge in [0.2, 0.25) is 17.7 Å². The molecule has 39 heavy (non-hydrogen) atoms. The van der Waals surface area contributed by atoms with Crippen molar-refractivity contribution in [3.63, 3.8) is 0 Å². The number of rotatable bonds is 12. The number of esters is 1. The molecule has 5 rings (SSSR count). The normalized spacial score (nSPS) is 31.5. The number of hydrogen-bond donors (Lipinski definition) is 4. The number of ether oxygens (including phenoxy) is 1. The molecule has 5 aliphatic rings. The molecule has 3 amide bonds. The Morgan fingerprint density at radius 2 is 1.82 bits per heavy atom. The Morgan fingerprint density at radius 1 is 1.10 bits per heavy atom. The van der Waals surface area contributed by atoms with Crippen molar-refractivity contribution in [3.05, 3.63) is 24.3 Å². The zero-order valence-corrected chi connectivity index (χ0v) is 24.5. The van der Waals surface area contributed by atoms with Crippen LogP contribution in [-0.4, -0.2) is 67.0 Å². The predicted molar refractivity (Wildman–Crippen MR) is 154 cm³/mol. The van der Waals surface area contributed by atoms with Crippen LogP contribution in [0.3, 0.4) is 0 Å². The van der Waals surface area contributed by atoms with Gasteiger partial charge in [0.1, 0.15) is 6.04 Å². The number of methoxy groups -OCH3 is 1. The Labute approximate surface area is 241 Å². The molecule has 9 nitrogen and oxygen atoms in total. The van der Waals surface area contributed by atoms with Gasteiger partial charge in [0.25, 0.3) is 0 Å². The first-order valence-corrected chi connectivity index (χ1v) is 15.1. The summed E-state index contributed by atoms with van der Waals surface area (Å²) in [6.45, 7) is -0.239. The molecule has 218 valence electrons. The Balaban J connectivity index is 0.00000420. The average molecular weight is 583 g/mol. The van der Waals surface area contributed by atoms with Crippen LogP contribution in [-0.2, 0) is 23.9 Å². The summed E-state index contributed by atoms with van der Waals surface area (Å²) in [5.74, 6) is 0.448. The average Bonchev–Trinajstić information content (AvgIpc) is 2.89. The smallest absolute Gasteiger partial charge is 0.311 e. The van der Waals surface area contributed by atoms with Gasteiger partial charge in [-0.3, -0.25) is 19.2 Å². The second-order valence-electron chi connectivity index (χ2n) is 11.8. The zero-order chi connectivity index (χ0) is 27.3. The van der Waals surface area contributed by atoms with Crippen molar-refractivity contribution in [2.75, 3.05) is 25.7 Å². The fourth-order valence-corrected chi connectivity index (χ4v) is 7.96. The first kappa shape index (κ1) is 31.5. The first-order chi connectivity index (χ1) is 18.2. The number of allylic oxidation sites excluding steroid dienone is 4. The Kier molecular flexibility index (Phi) is 10.9. The molecule has 0 spiro atoms. The third-order valence-corrected chi connectivity index (χ3v) is 9.36. The van der Waals surface area contributed by atoms with Gasteiger partial charge in [-0.1, -0.05) is 24.3 Å². The van der Waals surface area contributed by atoms with E-state index in [-0.39, 0.29) is 42.7 Å². The lowest BCUT2D eigenvalue weighted by molar-refractivity contribution is -0.173. The highest BCUT2D eigenvalue weighted by atomic mass is 35.5. The van der Waals surface area contributed by atoms with Gasteiger partial charge in [0.15, 0.2) is 0 Å². The summed E-state index contributed by atoms with van der Waals surface area (Å²) in [7, 11) is 1.44. The van der Waals surface area contributed by atoms with Crippen LogP contribution in [0.2, 0.25) is 0 Å². The molecule has 0 saturated heterocycles. The third kappa shape index (κ3) is 7.58. The number of halogens is 1. The molecule has 3 unspecified atom stereocenters. The van der Waals surface area contributed by atoms with Gasteiger partial charge >= 0.3 is 5.97 Å². The second kappa shape index (κ2) is 13.5. The van der Waals surface area contributed by atoms with Crippen molar-refractivity contribution in [3.8, 4) is 0 Å². The minimum Gasteiger partial charge on any atom is -0.469 e. The van der Waals surface area contributed by atoms with Gasteiger partial charge in [-0.05, 0) is 87.5 Å². The summed E-state index contributed by atoms with van der Waals surface area (Å²) >= 11 is 1.61. The summed E-state index contributed by atoms with van der Waals surface area (Å²) in [5, 5.41) is 8.78. The number of amides is 3. The van der Waals surface area contributed by atoms with Crippen molar-refractivity contribution >= 4 is 47.9 Å². The Hall–Kier alpha value is -2.04. The molecule has 0 aromatic carbocycles. The van der Waals surface area contributed by atoms with E-state index in [2.05, 4.69) is 28.1 Å². The largest absolute Gasteiger partial charge is 0.469 e. The molecule has 0 aromatic rings. The van der Waals surface area contributed by atoms with E-state index in [0.717, 1.165) is 44.3 Å². The van der Waals surface area contributed by atoms with E-state index in [1.807, 2.05) is 18.4 Å². The van der Waals surface area contributed by atoms with Gasteiger partial charge < -0.3 is 26.4 Å². The quantitative estimate of drug-likeness (QED) is 0.259. The van der Waals surface area contributed by atoms with Crippen molar-refractivity contribution in [2.24, 2.45) is 28.9 Å². The molecular weight excluding hydrogens is 540 g/mol. The molecule has 0 radical (unpaired) electrons. The number of thioether (sulfide) groups is 1. The summed E-state index contributed by atoms with van der Waals surface area (Å²) in [5.41, 5.74) is 4.92. The van der Waals surface area contributed by atoms with Crippen LogP contribution in [0.15, 0.2) is 24.3 Å². The van der Waals surface area contributed by atoms with Crippen LogP contribution >= 0.6 is 24.2 Å². The molecule has 4 bridgehead atoms. The number of nitrogens with one attached hydrogen (secondary N) is 3. The van der Waals surface area contributed by atoms with Gasteiger partial charge in [0, 0.05) is 5.54 Å². The van der Waals surface area contributed by atoms with E-state index in [9.17, 15) is 19.2 Å². The molecule has 0 heterocycles. The van der Waals surface area contributed by atoms with E-state index < -0.39 is 28.9 Å². The highest BCUT2D eigenvalue weighted by molar-refractivity contribution is 7.98. The lowest BCUT2D eigenvalue weighted by atomic mass is 9.47. The molecule has 5 aliphatic carbocycles. The van der Waals surface area contributed by atoms with Crippen LogP contribution in [0, 0.1) is 23.2 Å². The minimum atomic E-state index is -0.757. The number of carbonyl (C=O) groups is 4. The lowest BCUT2D eigenvalue weighted by Crippen LogP contribution is -2.66. The van der Waals surface area contributed by atoms with Crippen LogP contribution < -0.4 is 21.7 Å². The highest BCUT2D eigenvalue weighted by Gasteiger charge is 2.61. The summed E-state index contributed by atoms with van der Waals surface area (Å²) < 4.78 is 5.20. The summed E-state index contributed by atoms with van der Waals surface area (Å²) in [6, 6.07) is -1.43. The van der Waals surface area contributed by atoms with E-state index >= 15 is 0 Å². The molecule has 5 N–H and O–H groups in total. The first-order valence-electron chi connectivity index (χ1n) is 13.7. The maximum Gasteiger partial charge on any atom is 0.311 e. The lowest BCUT2D eigenvalue weighted by Gasteiger charge is -2.61. The van der Waals surface area contributed by atoms with Gasteiger partial charge in [-0.2, -0.15) is 11.8 Å². The zero-order valence-electron chi connectivity index (χ0n) is 22.9. The number of carbonyl (C=O) groups excluding carboxylic acids is 4. The van der Waals surface area contributed by atoms with Crippen molar-refractivity contribution in [2.45, 2.75) is 75.4 Å². The van der Waals surface area contributed by atoms with E-state index in [4.69, 9.17) is 10.5 Å². The highest BCUT2D eigenvalue weighted by Crippen LogP contribution is 2.62. The van der Waals surface area contributed by atoms with Crippen molar-refractivity contribution in [1.29, 1.82) is 0 Å². The maximum absolute atomic E-state index is 13.8. The molecule has 4 fully saturated rings. The van der Waals surface area contributed by atoms with Crippen LogP contribution in [0.4, 0.5) is 0 Å². The van der Waals surface area contributed by atoms with Gasteiger partial charge in [-0.15, -0.1) is 12.4 Å². The van der Waals surface area contributed by atoms with E-state index in [0.29, 0.717) is 31.1 Å². The second-order valence-corrected chi connectivity index (χ2v) is 12.8. The summed E-state index contributed by atoms with van der Waals surface area (Å²) in [6.07, 6.45) is 16.8. The van der Waals surface area contributed by atoms with Crippen LogP contribution in [0.1, 0.15) is 57.8 Å². The minimum absolute atomic E-state index is 0. The van der Waals surface area contributed by atoms with Gasteiger partial charge in [-0.25, -0.2) is 0 Å². The topological polar surface area (TPSA) is 140 Å². The Bertz CT molecular complexity index is 975. The van der Waals surface area contributed by atoms with Crippen LogP contribution in [0.5, 0.6) is 0 Å².